The van der Waals surface area contributed by atoms with Crippen LogP contribution in [0.25, 0.3) is 0 Å². The maximum Gasteiger partial charge on any atom is 0.216 e. The van der Waals surface area contributed by atoms with Crippen molar-refractivity contribution in [2.24, 2.45) is 5.92 Å². The summed E-state index contributed by atoms with van der Waals surface area (Å²) < 4.78 is 23.6. The van der Waals surface area contributed by atoms with Crippen molar-refractivity contribution in [1.82, 2.24) is 5.32 Å². The third kappa shape index (κ3) is 5.55. The van der Waals surface area contributed by atoms with E-state index in [-0.39, 0.29) is 19.1 Å². The molecule has 180 valence electrons. The van der Waals surface area contributed by atoms with Crippen LogP contribution in [0.3, 0.4) is 0 Å². The van der Waals surface area contributed by atoms with Crippen molar-refractivity contribution in [3.05, 3.63) is 0 Å². The molecule has 6 saturated heterocycles. The van der Waals surface area contributed by atoms with Crippen LogP contribution in [-0.2, 0) is 23.7 Å². The van der Waals surface area contributed by atoms with E-state index >= 15 is 0 Å². The highest BCUT2D eigenvalue weighted by Gasteiger charge is 2.56. The quantitative estimate of drug-likeness (QED) is 0.225. The molecule has 6 aliphatic heterocycles. The van der Waals surface area contributed by atoms with Crippen LogP contribution in [-0.4, -0.2) is 119 Å². The summed E-state index contributed by atoms with van der Waals surface area (Å²) in [6, 6.07) is 0. The molecule has 0 spiro atoms. The highest BCUT2D eigenvalue weighted by molar-refractivity contribution is 5.72. The largest absolute Gasteiger partial charge is 0.394 e. The zero-order valence-corrected chi connectivity index (χ0v) is 17.7. The Hall–Kier alpha value is -0.890. The lowest BCUT2D eigenvalue weighted by atomic mass is 9.77. The van der Waals surface area contributed by atoms with Crippen molar-refractivity contribution in [1.29, 1.82) is 0 Å². The fourth-order valence-electron chi connectivity index (χ4n) is 4.75. The number of amides is 1. The second-order valence-electron chi connectivity index (χ2n) is 8.42. The van der Waals surface area contributed by atoms with Gasteiger partial charge in [-0.1, -0.05) is 0 Å². The molecule has 6 aliphatic rings. The fraction of sp³-hybridized carbons (Fsp3) is 0.950. The Morgan fingerprint density at radius 3 is 2.45 bits per heavy atom. The topological polar surface area (TPSA) is 167 Å². The number of carbonyl (C=O) groups excluding carboxylic acids is 1. The molecule has 2 unspecified atom stereocenters. The molecular formula is C20H35NO10. The van der Waals surface area contributed by atoms with E-state index in [4.69, 9.17) is 18.9 Å². The number of hydrogen-bond donors (Lipinski definition) is 6. The first-order valence-corrected chi connectivity index (χ1v) is 10.9. The number of rotatable bonds is 7. The zero-order chi connectivity index (χ0) is 22.5. The molecule has 0 aromatic heterocycles. The van der Waals surface area contributed by atoms with Crippen LogP contribution in [0.15, 0.2) is 0 Å². The maximum atomic E-state index is 11.1. The first-order valence-electron chi connectivity index (χ1n) is 10.9. The number of hydrogen-bond acceptors (Lipinski definition) is 10. The van der Waals surface area contributed by atoms with Crippen molar-refractivity contribution < 1.29 is 49.3 Å². The van der Waals surface area contributed by atoms with Gasteiger partial charge in [-0.05, 0) is 19.3 Å². The van der Waals surface area contributed by atoms with E-state index in [2.05, 4.69) is 5.32 Å². The summed E-state index contributed by atoms with van der Waals surface area (Å²) in [5.74, 6) is -1.06. The summed E-state index contributed by atoms with van der Waals surface area (Å²) in [5, 5.41) is 55.0. The van der Waals surface area contributed by atoms with Gasteiger partial charge < -0.3 is 49.8 Å². The van der Waals surface area contributed by atoms with Crippen LogP contribution >= 0.6 is 0 Å². The third-order valence-corrected chi connectivity index (χ3v) is 6.29. The number of aliphatic hydroxyl groups is 5. The smallest absolute Gasteiger partial charge is 0.216 e. The molecule has 6 N–H and O–H groups in total. The van der Waals surface area contributed by atoms with Crippen molar-refractivity contribution in [2.45, 2.75) is 81.1 Å². The van der Waals surface area contributed by atoms with Crippen LogP contribution in [0.4, 0.5) is 0 Å². The lowest BCUT2D eigenvalue weighted by molar-refractivity contribution is -0.304. The molecule has 11 nitrogen and oxygen atoms in total. The molecule has 0 aromatic rings. The van der Waals surface area contributed by atoms with E-state index in [0.29, 0.717) is 25.8 Å². The van der Waals surface area contributed by atoms with Crippen molar-refractivity contribution in [3.63, 3.8) is 0 Å². The first-order chi connectivity index (χ1) is 14.9. The van der Waals surface area contributed by atoms with Gasteiger partial charge in [0.15, 0.2) is 0 Å². The van der Waals surface area contributed by atoms with Gasteiger partial charge in [0, 0.05) is 32.6 Å². The highest BCUT2D eigenvalue weighted by Crippen LogP contribution is 2.39. The van der Waals surface area contributed by atoms with Gasteiger partial charge in [0.1, 0.15) is 30.5 Å². The van der Waals surface area contributed by atoms with E-state index in [1.165, 1.54) is 6.92 Å². The molecule has 6 heterocycles. The van der Waals surface area contributed by atoms with E-state index < -0.39 is 74.1 Å². The lowest BCUT2D eigenvalue weighted by Gasteiger charge is -2.52. The SMILES string of the molecule is CC(=O)NCCCO[C@H]1C2O[C@H](CO)[C@@H](OCCCC3O[C@H](CO)[C@@H]2[C@H](O)[C@H]3O)[C@@H]1O. The van der Waals surface area contributed by atoms with Gasteiger partial charge in [-0.25, -0.2) is 0 Å². The molecule has 10 atom stereocenters. The van der Waals surface area contributed by atoms with Gasteiger partial charge in [-0.3, -0.25) is 4.79 Å². The average Bonchev–Trinajstić information content (AvgIpc) is 2.74. The summed E-state index contributed by atoms with van der Waals surface area (Å²) in [4.78, 5) is 11.0. The molecule has 0 aliphatic carbocycles. The molecule has 4 bridgehead atoms. The Morgan fingerprint density at radius 1 is 1.03 bits per heavy atom. The standard InChI is InChI=1S/C20H35NO10/c1-10(24)21-5-3-7-29-20-17(27)18-13(9-23)31-19(20)14-12(8-22)30-11(4-2-6-28-18)15(25)16(14)26/h11-20,22-23,25-27H,2-9H2,1H3,(H,21,24)/t11?,12-,13-,14-,15+,16+,17+,18-,19?,20-/m1/s1. The van der Waals surface area contributed by atoms with Gasteiger partial charge >= 0.3 is 0 Å². The maximum absolute atomic E-state index is 11.1. The molecule has 31 heavy (non-hydrogen) atoms. The lowest BCUT2D eigenvalue weighted by Crippen LogP contribution is -2.68. The summed E-state index contributed by atoms with van der Waals surface area (Å²) in [7, 11) is 0. The third-order valence-electron chi connectivity index (χ3n) is 6.29. The summed E-state index contributed by atoms with van der Waals surface area (Å²) in [5.41, 5.74) is 0. The van der Waals surface area contributed by atoms with E-state index in [9.17, 15) is 30.3 Å². The van der Waals surface area contributed by atoms with Crippen LogP contribution in [0.5, 0.6) is 0 Å². The molecule has 11 heteroatoms. The highest BCUT2D eigenvalue weighted by atomic mass is 16.6. The van der Waals surface area contributed by atoms with E-state index in [0.717, 1.165) is 0 Å². The Balaban J connectivity index is 1.85. The minimum atomic E-state index is -1.28. The normalized spacial score (nSPS) is 43.3. The van der Waals surface area contributed by atoms with Gasteiger partial charge in [0.05, 0.1) is 37.6 Å². The van der Waals surface area contributed by atoms with Crippen LogP contribution in [0.1, 0.15) is 26.2 Å². The average molecular weight is 449 g/mol. The van der Waals surface area contributed by atoms with Crippen molar-refractivity contribution in [2.75, 3.05) is 33.0 Å². The number of nitrogens with one attached hydrogen (secondary N) is 1. The monoisotopic (exact) mass is 449 g/mol. The Labute approximate surface area is 181 Å². The molecule has 0 saturated carbocycles. The number of carbonyl (C=O) groups is 1. The van der Waals surface area contributed by atoms with E-state index in [1.54, 1.807) is 0 Å². The van der Waals surface area contributed by atoms with Crippen LogP contribution in [0.2, 0.25) is 0 Å². The minimum Gasteiger partial charge on any atom is -0.394 e. The summed E-state index contributed by atoms with van der Waals surface area (Å²) in [6.45, 7) is 1.35. The number of aliphatic hydroxyl groups excluding tert-OH is 5. The molecule has 1 amide bonds. The van der Waals surface area contributed by atoms with Gasteiger partial charge in [-0.15, -0.1) is 0 Å². The van der Waals surface area contributed by atoms with Gasteiger partial charge in [0.25, 0.3) is 0 Å². The van der Waals surface area contributed by atoms with Crippen LogP contribution < -0.4 is 5.32 Å². The Kier molecular flexibility index (Phi) is 9.02. The predicted octanol–water partition coefficient (Wildman–Crippen LogP) is -2.70. The molecule has 0 aromatic carbocycles. The zero-order valence-electron chi connectivity index (χ0n) is 17.7. The Bertz CT molecular complexity index is 578. The van der Waals surface area contributed by atoms with Gasteiger partial charge in [-0.2, -0.15) is 0 Å². The molecule has 0 radical (unpaired) electrons. The second kappa shape index (κ2) is 11.3. The second-order valence-corrected chi connectivity index (χ2v) is 8.42. The summed E-state index contributed by atoms with van der Waals surface area (Å²) in [6.07, 6.45) is -7.49. The minimum absolute atomic E-state index is 0.163. The fourth-order valence-corrected chi connectivity index (χ4v) is 4.75. The van der Waals surface area contributed by atoms with E-state index in [1.807, 2.05) is 0 Å². The van der Waals surface area contributed by atoms with Gasteiger partial charge in [0.2, 0.25) is 5.91 Å². The molecule has 6 fully saturated rings. The first kappa shape index (κ1) is 24.7. The van der Waals surface area contributed by atoms with Crippen LogP contribution in [0, 0.1) is 5.92 Å². The van der Waals surface area contributed by atoms with Crippen molar-refractivity contribution in [3.8, 4) is 0 Å². The predicted molar refractivity (Wildman–Crippen MR) is 105 cm³/mol. The summed E-state index contributed by atoms with van der Waals surface area (Å²) >= 11 is 0. The number of ether oxygens (including phenoxy) is 4. The van der Waals surface area contributed by atoms with Crippen molar-refractivity contribution >= 4 is 5.91 Å². The molecule has 6 rings (SSSR count). The Morgan fingerprint density at radius 2 is 1.77 bits per heavy atom. The molecular weight excluding hydrogens is 414 g/mol.